The molecule has 2 nitrogen and oxygen atoms in total. The number of nitrogens with one attached hydrogen (secondary N) is 1. The third-order valence-electron chi connectivity index (χ3n) is 3.71. The summed E-state index contributed by atoms with van der Waals surface area (Å²) in [6.07, 6.45) is 5.38. The molecule has 0 aliphatic heterocycles. The summed E-state index contributed by atoms with van der Waals surface area (Å²) in [6, 6.07) is 13.5. The molecule has 0 saturated heterocycles. The van der Waals surface area contributed by atoms with Gasteiger partial charge in [-0.2, -0.15) is 0 Å². The molecule has 1 N–H and O–H groups in total. The largest absolute Gasteiger partial charge is 0.308 e. The lowest BCUT2D eigenvalue weighted by atomic mass is 9.88. The van der Waals surface area contributed by atoms with Crippen molar-refractivity contribution in [1.82, 2.24) is 10.3 Å². The van der Waals surface area contributed by atoms with Crippen molar-refractivity contribution < 1.29 is 0 Å². The minimum atomic E-state index is 0.570. The molecule has 1 atom stereocenters. The molecule has 98 valence electrons. The molecule has 1 heterocycles. The number of rotatable bonds is 3. The van der Waals surface area contributed by atoms with Crippen LogP contribution in [-0.2, 0) is 19.4 Å². The third-order valence-corrected chi connectivity index (χ3v) is 4.18. The summed E-state index contributed by atoms with van der Waals surface area (Å²) < 4.78 is 1.03. The van der Waals surface area contributed by atoms with Crippen molar-refractivity contribution in [2.45, 2.75) is 31.8 Å². The Hall–Kier alpha value is -1.19. The highest BCUT2D eigenvalue weighted by atomic mass is 79.9. The lowest BCUT2D eigenvalue weighted by Gasteiger charge is -2.25. The Morgan fingerprint density at radius 3 is 2.79 bits per heavy atom. The van der Waals surface area contributed by atoms with Gasteiger partial charge in [-0.3, -0.25) is 4.98 Å². The Morgan fingerprint density at radius 1 is 1.16 bits per heavy atom. The zero-order valence-electron chi connectivity index (χ0n) is 10.8. The Labute approximate surface area is 122 Å². The van der Waals surface area contributed by atoms with Gasteiger partial charge in [0.25, 0.3) is 0 Å². The van der Waals surface area contributed by atoms with Crippen LogP contribution < -0.4 is 5.32 Å². The van der Waals surface area contributed by atoms with Gasteiger partial charge in [-0.15, -0.1) is 0 Å². The minimum absolute atomic E-state index is 0.570. The highest BCUT2D eigenvalue weighted by molar-refractivity contribution is 9.10. The quantitative estimate of drug-likeness (QED) is 0.937. The maximum absolute atomic E-state index is 4.40. The number of fused-ring (bicyclic) bond motifs is 1. The molecular weight excluding hydrogens is 300 g/mol. The molecule has 0 amide bonds. The Morgan fingerprint density at radius 2 is 2.00 bits per heavy atom. The number of aryl methyl sites for hydroxylation is 1. The number of hydrogen-bond donors (Lipinski definition) is 1. The lowest BCUT2D eigenvalue weighted by Crippen LogP contribution is -2.34. The van der Waals surface area contributed by atoms with E-state index < -0.39 is 0 Å². The molecule has 2 aromatic rings. The van der Waals surface area contributed by atoms with Gasteiger partial charge in [-0.1, -0.05) is 24.3 Å². The molecular formula is C16H17BrN2. The van der Waals surface area contributed by atoms with Crippen LogP contribution in [0.5, 0.6) is 0 Å². The highest BCUT2D eigenvalue weighted by Gasteiger charge is 2.17. The monoisotopic (exact) mass is 316 g/mol. The lowest BCUT2D eigenvalue weighted by molar-refractivity contribution is 0.455. The second-order valence-corrected chi connectivity index (χ2v) is 5.97. The predicted octanol–water partition coefficient (Wildman–Crippen LogP) is 3.49. The molecule has 1 unspecified atom stereocenters. The van der Waals surface area contributed by atoms with Crippen molar-refractivity contribution in [3.63, 3.8) is 0 Å². The maximum atomic E-state index is 4.40. The normalized spacial score (nSPS) is 18.1. The molecule has 3 rings (SSSR count). The van der Waals surface area contributed by atoms with Crippen LogP contribution in [0.3, 0.4) is 0 Å². The van der Waals surface area contributed by atoms with E-state index in [1.165, 1.54) is 24.0 Å². The van der Waals surface area contributed by atoms with E-state index in [2.05, 4.69) is 56.6 Å². The van der Waals surface area contributed by atoms with Crippen LogP contribution in [0.1, 0.15) is 23.2 Å². The molecule has 0 saturated carbocycles. The zero-order chi connectivity index (χ0) is 13.1. The fourth-order valence-corrected chi connectivity index (χ4v) is 2.87. The Kier molecular flexibility index (Phi) is 3.95. The van der Waals surface area contributed by atoms with Crippen molar-refractivity contribution in [3.05, 3.63) is 63.9 Å². The van der Waals surface area contributed by atoms with Crippen molar-refractivity contribution in [2.75, 3.05) is 0 Å². The Balaban J connectivity index is 1.59. The van der Waals surface area contributed by atoms with Gasteiger partial charge in [0.1, 0.15) is 0 Å². The molecule has 0 fully saturated rings. The summed E-state index contributed by atoms with van der Waals surface area (Å²) in [5.41, 5.74) is 4.11. The predicted molar refractivity (Wildman–Crippen MR) is 81.0 cm³/mol. The van der Waals surface area contributed by atoms with E-state index in [9.17, 15) is 0 Å². The van der Waals surface area contributed by atoms with Gasteiger partial charge in [0, 0.05) is 23.3 Å². The second-order valence-electron chi connectivity index (χ2n) is 5.06. The highest BCUT2D eigenvalue weighted by Crippen LogP contribution is 2.21. The average Bonchev–Trinajstić information content (AvgIpc) is 2.46. The number of aromatic nitrogens is 1. The smallest absolute Gasteiger partial charge is 0.0542 e. The number of benzene rings is 1. The van der Waals surface area contributed by atoms with Crippen LogP contribution in [0.2, 0.25) is 0 Å². The van der Waals surface area contributed by atoms with Gasteiger partial charge in [0.2, 0.25) is 0 Å². The first kappa shape index (κ1) is 12.8. The summed E-state index contributed by atoms with van der Waals surface area (Å²) in [4.78, 5) is 4.40. The molecule has 1 aliphatic carbocycles. The number of hydrogen-bond acceptors (Lipinski definition) is 2. The fourth-order valence-electron chi connectivity index (χ4n) is 2.63. The molecule has 19 heavy (non-hydrogen) atoms. The van der Waals surface area contributed by atoms with Crippen LogP contribution in [-0.4, -0.2) is 11.0 Å². The molecule has 0 bridgehead atoms. The molecule has 1 aromatic carbocycles. The van der Waals surface area contributed by atoms with Gasteiger partial charge in [-0.25, -0.2) is 0 Å². The van der Waals surface area contributed by atoms with Crippen molar-refractivity contribution >= 4 is 15.9 Å². The molecule has 0 radical (unpaired) electrons. The number of pyridine rings is 1. The zero-order valence-corrected chi connectivity index (χ0v) is 12.4. The van der Waals surface area contributed by atoms with Crippen LogP contribution in [0.15, 0.2) is 47.1 Å². The van der Waals surface area contributed by atoms with E-state index >= 15 is 0 Å². The third kappa shape index (κ3) is 3.23. The van der Waals surface area contributed by atoms with Gasteiger partial charge < -0.3 is 5.32 Å². The maximum Gasteiger partial charge on any atom is 0.0542 e. The van der Waals surface area contributed by atoms with Crippen LogP contribution in [0.25, 0.3) is 0 Å². The van der Waals surface area contributed by atoms with E-state index in [-0.39, 0.29) is 0 Å². The van der Waals surface area contributed by atoms with E-state index in [0.717, 1.165) is 23.1 Å². The minimum Gasteiger partial charge on any atom is -0.308 e. The van der Waals surface area contributed by atoms with Gasteiger partial charge >= 0.3 is 0 Å². The summed E-state index contributed by atoms with van der Waals surface area (Å²) in [6.45, 7) is 0.847. The average molecular weight is 317 g/mol. The van der Waals surface area contributed by atoms with E-state index in [1.807, 2.05) is 12.3 Å². The van der Waals surface area contributed by atoms with E-state index in [0.29, 0.717) is 6.04 Å². The van der Waals surface area contributed by atoms with E-state index in [1.54, 1.807) is 0 Å². The molecule has 1 aromatic heterocycles. The van der Waals surface area contributed by atoms with Crippen molar-refractivity contribution in [2.24, 2.45) is 0 Å². The SMILES string of the molecule is Brc1ccc(CNC2CCc3ccccc3C2)nc1. The first-order valence-corrected chi connectivity index (χ1v) is 7.51. The summed E-state index contributed by atoms with van der Waals surface area (Å²) in [5, 5.41) is 3.62. The van der Waals surface area contributed by atoms with Crippen molar-refractivity contribution in [1.29, 1.82) is 0 Å². The second kappa shape index (κ2) is 5.85. The summed E-state index contributed by atoms with van der Waals surface area (Å²) in [5.74, 6) is 0. The van der Waals surface area contributed by atoms with E-state index in [4.69, 9.17) is 0 Å². The molecule has 0 spiro atoms. The van der Waals surface area contributed by atoms with Gasteiger partial charge in [-0.05, 0) is 58.5 Å². The fraction of sp³-hybridized carbons (Fsp3) is 0.312. The summed E-state index contributed by atoms with van der Waals surface area (Å²) in [7, 11) is 0. The van der Waals surface area contributed by atoms with Gasteiger partial charge in [0.05, 0.1) is 5.69 Å². The Bertz CT molecular complexity index is 551. The van der Waals surface area contributed by atoms with Crippen LogP contribution in [0, 0.1) is 0 Å². The first-order chi connectivity index (χ1) is 9.31. The molecule has 3 heteroatoms. The topological polar surface area (TPSA) is 24.9 Å². The molecule has 1 aliphatic rings. The summed E-state index contributed by atoms with van der Waals surface area (Å²) >= 11 is 3.41. The standard InChI is InChI=1S/C16H17BrN2/c17-14-6-8-16(18-10-14)11-19-15-7-5-12-3-1-2-4-13(12)9-15/h1-4,6,8,10,15,19H,5,7,9,11H2. The van der Waals surface area contributed by atoms with Crippen LogP contribution >= 0.6 is 15.9 Å². The number of nitrogens with zero attached hydrogens (tertiary/aromatic N) is 1. The number of halogens is 1. The first-order valence-electron chi connectivity index (χ1n) is 6.72. The van der Waals surface area contributed by atoms with Crippen LogP contribution in [0.4, 0.5) is 0 Å². The van der Waals surface area contributed by atoms with Gasteiger partial charge in [0.15, 0.2) is 0 Å². The van der Waals surface area contributed by atoms with Crippen molar-refractivity contribution in [3.8, 4) is 0 Å².